The van der Waals surface area contributed by atoms with E-state index in [0.717, 1.165) is 29.0 Å². The molecule has 128 valence electrons. The zero-order valence-corrected chi connectivity index (χ0v) is 14.5. The number of hydrogen-bond donors (Lipinski definition) is 0. The van der Waals surface area contributed by atoms with Crippen LogP contribution in [0.15, 0.2) is 52.3 Å². The van der Waals surface area contributed by atoms with E-state index < -0.39 is 11.7 Å². The lowest BCUT2D eigenvalue weighted by Crippen LogP contribution is -2.13. The van der Waals surface area contributed by atoms with E-state index in [-0.39, 0.29) is 10.5 Å². The van der Waals surface area contributed by atoms with E-state index in [0.29, 0.717) is 6.42 Å². The van der Waals surface area contributed by atoms with Gasteiger partial charge in [-0.05, 0) is 62.3 Å². The van der Waals surface area contributed by atoms with Gasteiger partial charge in [0.2, 0.25) is 0 Å². The fraction of sp³-hybridized carbons (Fsp3) is 0.316. The molecule has 0 radical (unpaired) electrons. The van der Waals surface area contributed by atoms with E-state index in [9.17, 15) is 13.2 Å². The number of alkyl halides is 3. The van der Waals surface area contributed by atoms with Gasteiger partial charge in [-0.25, -0.2) is 0 Å². The number of halogens is 3. The number of benzene rings is 2. The lowest BCUT2D eigenvalue weighted by molar-refractivity contribution is -0.137. The van der Waals surface area contributed by atoms with Gasteiger partial charge in [-0.15, -0.1) is 10.5 Å². The largest absolute Gasteiger partial charge is 0.416 e. The van der Waals surface area contributed by atoms with Crippen molar-refractivity contribution in [1.82, 2.24) is 4.90 Å². The molecule has 0 bridgehead atoms. The van der Waals surface area contributed by atoms with Crippen LogP contribution in [0.1, 0.15) is 23.1 Å². The summed E-state index contributed by atoms with van der Waals surface area (Å²) in [5.74, 6) is 0. The number of rotatable bonds is 3. The fourth-order valence-corrected chi connectivity index (χ4v) is 5.12. The summed E-state index contributed by atoms with van der Waals surface area (Å²) in [6.07, 6.45) is -2.81. The Bertz CT molecular complexity index is 778. The Morgan fingerprint density at radius 1 is 1.04 bits per heavy atom. The Morgan fingerprint density at radius 3 is 2.46 bits per heavy atom. The van der Waals surface area contributed by atoms with Gasteiger partial charge in [0, 0.05) is 16.3 Å². The summed E-state index contributed by atoms with van der Waals surface area (Å²) in [5.41, 5.74) is 1.37. The molecule has 0 saturated carbocycles. The van der Waals surface area contributed by atoms with Gasteiger partial charge in [-0.2, -0.15) is 13.2 Å². The number of hydrogen-bond acceptors (Lipinski definition) is 1. The van der Waals surface area contributed by atoms with Crippen molar-refractivity contribution in [3.05, 3.63) is 59.2 Å². The summed E-state index contributed by atoms with van der Waals surface area (Å²) in [6, 6.07) is 12.3. The third kappa shape index (κ3) is 3.57. The van der Waals surface area contributed by atoms with E-state index in [1.54, 1.807) is 6.07 Å². The normalized spacial score (nSPS) is 17.0. The quantitative estimate of drug-likeness (QED) is 0.597. The predicted octanol–water partition coefficient (Wildman–Crippen LogP) is 5.05. The monoisotopic (exact) mass is 351 g/mol. The molecule has 0 saturated heterocycles. The minimum atomic E-state index is -4.29. The fourth-order valence-electron chi connectivity index (χ4n) is 2.90. The zero-order valence-electron chi connectivity index (χ0n) is 13.7. The van der Waals surface area contributed by atoms with Gasteiger partial charge in [0.1, 0.15) is 0 Å². The van der Waals surface area contributed by atoms with Crippen LogP contribution in [-0.2, 0) is 12.6 Å². The van der Waals surface area contributed by atoms with Gasteiger partial charge in [0.15, 0.2) is 0 Å². The second-order valence-corrected chi connectivity index (χ2v) is 8.09. The SMILES string of the molecule is CN(C)CCC=S1c2ccccc2Cc2cc(C(F)(F)F)ccc21. The summed E-state index contributed by atoms with van der Waals surface area (Å²) in [6.45, 7) is 0.932. The molecule has 0 aliphatic carbocycles. The highest BCUT2D eigenvalue weighted by Gasteiger charge is 2.32. The van der Waals surface area contributed by atoms with Crippen molar-refractivity contribution in [2.75, 3.05) is 20.6 Å². The first-order valence-corrected chi connectivity index (χ1v) is 9.14. The van der Waals surface area contributed by atoms with Crippen LogP contribution < -0.4 is 0 Å². The van der Waals surface area contributed by atoms with E-state index in [1.807, 2.05) is 32.3 Å². The number of nitrogens with zero attached hydrogens (tertiary/aromatic N) is 1. The Hall–Kier alpha value is -1.59. The molecule has 2 aromatic rings. The minimum absolute atomic E-state index is 0.265. The molecule has 3 rings (SSSR count). The van der Waals surface area contributed by atoms with E-state index in [4.69, 9.17) is 0 Å². The van der Waals surface area contributed by atoms with Crippen molar-refractivity contribution in [1.29, 1.82) is 0 Å². The van der Waals surface area contributed by atoms with Crippen LogP contribution in [0.5, 0.6) is 0 Å². The maximum atomic E-state index is 13.0. The molecule has 1 aliphatic rings. The van der Waals surface area contributed by atoms with Gasteiger partial charge in [-0.3, -0.25) is 0 Å². The second kappa shape index (κ2) is 6.73. The molecule has 0 spiro atoms. The maximum Gasteiger partial charge on any atom is 0.416 e. The van der Waals surface area contributed by atoms with Crippen molar-refractivity contribution in [2.24, 2.45) is 0 Å². The van der Waals surface area contributed by atoms with Crippen molar-refractivity contribution >= 4 is 15.9 Å². The van der Waals surface area contributed by atoms with Crippen LogP contribution in [0.4, 0.5) is 13.2 Å². The third-order valence-electron chi connectivity index (χ3n) is 4.08. The van der Waals surface area contributed by atoms with Gasteiger partial charge >= 0.3 is 6.18 Å². The van der Waals surface area contributed by atoms with Crippen molar-refractivity contribution in [3.63, 3.8) is 0 Å². The summed E-state index contributed by atoms with van der Waals surface area (Å²) in [5, 5.41) is 2.25. The smallest absolute Gasteiger partial charge is 0.309 e. The molecule has 0 fully saturated rings. The molecule has 0 aromatic heterocycles. The van der Waals surface area contributed by atoms with Gasteiger partial charge in [-0.1, -0.05) is 23.6 Å². The summed E-state index contributed by atoms with van der Waals surface area (Å²) < 4.78 is 39.1. The molecule has 5 heteroatoms. The first kappa shape index (κ1) is 17.2. The lowest BCUT2D eigenvalue weighted by atomic mass is 10.0. The third-order valence-corrected chi connectivity index (χ3v) is 6.39. The molecule has 1 atom stereocenters. The van der Waals surface area contributed by atoms with Crippen LogP contribution in [0.3, 0.4) is 0 Å². The predicted molar refractivity (Wildman–Crippen MR) is 94.1 cm³/mol. The van der Waals surface area contributed by atoms with Crippen molar-refractivity contribution < 1.29 is 13.2 Å². The summed E-state index contributed by atoms with van der Waals surface area (Å²) >= 11 is 0. The van der Waals surface area contributed by atoms with Crippen LogP contribution >= 0.6 is 10.5 Å². The highest BCUT2D eigenvalue weighted by molar-refractivity contribution is 8.15. The average Bonchev–Trinajstić information content (AvgIpc) is 2.52. The zero-order chi connectivity index (χ0) is 17.3. The topological polar surface area (TPSA) is 3.24 Å². The van der Waals surface area contributed by atoms with Crippen LogP contribution in [-0.4, -0.2) is 30.9 Å². The highest BCUT2D eigenvalue weighted by Crippen LogP contribution is 2.46. The molecule has 2 aromatic carbocycles. The van der Waals surface area contributed by atoms with Gasteiger partial charge in [0.25, 0.3) is 0 Å². The molecule has 24 heavy (non-hydrogen) atoms. The highest BCUT2D eigenvalue weighted by atomic mass is 32.2. The Labute approximate surface area is 143 Å². The Morgan fingerprint density at radius 2 is 1.75 bits per heavy atom. The van der Waals surface area contributed by atoms with Crippen molar-refractivity contribution in [3.8, 4) is 0 Å². The van der Waals surface area contributed by atoms with E-state index in [1.165, 1.54) is 17.0 Å². The minimum Gasteiger partial charge on any atom is -0.309 e. The second-order valence-electron chi connectivity index (χ2n) is 6.20. The molecular formula is C19H20F3NS. The van der Waals surface area contributed by atoms with Gasteiger partial charge < -0.3 is 4.90 Å². The molecule has 1 unspecified atom stereocenters. The lowest BCUT2D eigenvalue weighted by Gasteiger charge is -2.25. The van der Waals surface area contributed by atoms with Crippen LogP contribution in [0, 0.1) is 0 Å². The summed E-state index contributed by atoms with van der Waals surface area (Å²) in [7, 11) is 3.78. The van der Waals surface area contributed by atoms with Crippen molar-refractivity contribution in [2.45, 2.75) is 28.8 Å². The van der Waals surface area contributed by atoms with E-state index in [2.05, 4.69) is 16.3 Å². The first-order chi connectivity index (χ1) is 11.4. The van der Waals surface area contributed by atoms with Gasteiger partial charge in [0.05, 0.1) is 5.56 Å². The standard InChI is InChI=1S/C19H20F3NS/c1-23(2)10-5-11-24-17-7-4-3-6-14(17)12-15-13-16(19(20,21)22)8-9-18(15)24/h3-4,6-9,11,13H,5,10,12H2,1-2H3. The molecule has 0 amide bonds. The molecular weight excluding hydrogens is 331 g/mol. The van der Waals surface area contributed by atoms with E-state index >= 15 is 0 Å². The number of fused-ring (bicyclic) bond motifs is 2. The first-order valence-electron chi connectivity index (χ1n) is 7.85. The van der Waals surface area contributed by atoms with Crippen LogP contribution in [0.2, 0.25) is 0 Å². The Balaban J connectivity index is 2.06. The molecule has 1 aliphatic heterocycles. The molecule has 0 N–H and O–H groups in total. The Kier molecular flexibility index (Phi) is 4.83. The summed E-state index contributed by atoms with van der Waals surface area (Å²) in [4.78, 5) is 4.38. The average molecular weight is 351 g/mol. The molecule has 1 heterocycles. The van der Waals surface area contributed by atoms with Crippen LogP contribution in [0.25, 0.3) is 0 Å². The molecule has 1 nitrogen and oxygen atoms in total. The maximum absolute atomic E-state index is 13.0.